The Hall–Kier alpha value is -2.84. The summed E-state index contributed by atoms with van der Waals surface area (Å²) in [5.74, 6) is -0.882. The van der Waals surface area contributed by atoms with Gasteiger partial charge in [0, 0.05) is 0 Å². The van der Waals surface area contributed by atoms with E-state index in [1.807, 2.05) is 112 Å². The van der Waals surface area contributed by atoms with Crippen molar-refractivity contribution >= 4 is 13.8 Å². The number of hydrogen-bond donors (Lipinski definition) is 1. The second-order valence-electron chi connectivity index (χ2n) is 10.9. The molecule has 0 aliphatic heterocycles. The molecule has 1 N–H and O–H groups in total. The van der Waals surface area contributed by atoms with E-state index in [-0.39, 0.29) is 19.8 Å². The van der Waals surface area contributed by atoms with Gasteiger partial charge in [-0.2, -0.15) is 0 Å². The van der Waals surface area contributed by atoms with Crippen molar-refractivity contribution < 1.29 is 37.3 Å². The van der Waals surface area contributed by atoms with Crippen LogP contribution in [0.2, 0.25) is 0 Å². The van der Waals surface area contributed by atoms with E-state index in [9.17, 15) is 14.3 Å². The number of likely N-dealkylation sites (N-methyl/N-ethyl adjacent to an activating group) is 1. The van der Waals surface area contributed by atoms with E-state index in [4.69, 9.17) is 18.5 Å². The third-order valence-corrected chi connectivity index (χ3v) is 7.21. The van der Waals surface area contributed by atoms with E-state index in [1.54, 1.807) is 13.8 Å². The average molecular weight is 571 g/mol. The number of quaternary nitrogens is 1. The number of ether oxygens (including phenoxy) is 2. The minimum Gasteiger partial charge on any atom is -0.457 e. The number of hydrogen-bond acceptors (Lipinski definition) is 6. The molecule has 40 heavy (non-hydrogen) atoms. The number of carbonyl (C=O) groups excluding carboxylic acids is 1. The van der Waals surface area contributed by atoms with Gasteiger partial charge in [-0.05, 0) is 16.7 Å². The highest BCUT2D eigenvalue weighted by Crippen LogP contribution is 2.44. The molecule has 0 bridgehead atoms. The SMILES string of the molecule is CC(C)C(=O)O[C@H](COC(c1ccccc1)(c1ccccc1)c1ccccc1)COP(=O)(O)OCC[N+](C)(C)C. The highest BCUT2D eigenvalue weighted by atomic mass is 31.2. The van der Waals surface area contributed by atoms with E-state index in [2.05, 4.69) is 0 Å². The van der Waals surface area contributed by atoms with Crippen LogP contribution >= 0.6 is 7.82 Å². The Bertz CT molecular complexity index is 1130. The summed E-state index contributed by atoms with van der Waals surface area (Å²) in [6.45, 7) is 3.48. The van der Waals surface area contributed by atoms with Gasteiger partial charge in [0.2, 0.25) is 0 Å². The number of esters is 1. The fourth-order valence-corrected chi connectivity index (χ4v) is 4.79. The van der Waals surface area contributed by atoms with Gasteiger partial charge in [0.25, 0.3) is 0 Å². The molecule has 0 saturated carbocycles. The number of nitrogens with zero attached hydrogens (tertiary/aromatic N) is 1. The zero-order chi connectivity index (χ0) is 29.2. The summed E-state index contributed by atoms with van der Waals surface area (Å²) in [4.78, 5) is 22.9. The van der Waals surface area contributed by atoms with Crippen LogP contribution in [0.1, 0.15) is 30.5 Å². The summed E-state index contributed by atoms with van der Waals surface area (Å²) in [6, 6.07) is 29.3. The Labute approximate surface area is 237 Å². The van der Waals surface area contributed by atoms with Crippen LogP contribution in [0.25, 0.3) is 0 Å². The van der Waals surface area contributed by atoms with Crippen LogP contribution in [0.15, 0.2) is 91.0 Å². The standard InChI is InChI=1S/C31H40NO7P/c1-25(2)30(33)39-29(24-38-40(34,35)37-22-21-32(3,4)5)23-36-31(26-15-9-6-10-16-26,27-17-11-7-12-18-27)28-19-13-8-14-20-28/h6-20,25,29H,21-24H2,1-5H3/p+1/t29-/m1/s1. The van der Waals surface area contributed by atoms with Crippen LogP contribution in [0.4, 0.5) is 0 Å². The molecule has 3 aromatic carbocycles. The topological polar surface area (TPSA) is 91.3 Å². The van der Waals surface area contributed by atoms with E-state index >= 15 is 0 Å². The molecule has 1 unspecified atom stereocenters. The number of phosphoric acid groups is 1. The van der Waals surface area contributed by atoms with Gasteiger partial charge >= 0.3 is 13.8 Å². The van der Waals surface area contributed by atoms with E-state index < -0.39 is 31.4 Å². The lowest BCUT2D eigenvalue weighted by Gasteiger charge is -2.37. The van der Waals surface area contributed by atoms with Crippen molar-refractivity contribution in [1.82, 2.24) is 0 Å². The number of rotatable bonds is 15. The number of benzene rings is 3. The summed E-state index contributed by atoms with van der Waals surface area (Å²) in [5.41, 5.74) is 1.56. The summed E-state index contributed by atoms with van der Waals surface area (Å²) >= 11 is 0. The second kappa shape index (κ2) is 14.2. The fraction of sp³-hybridized carbons (Fsp3) is 0.387. The summed E-state index contributed by atoms with van der Waals surface area (Å²) < 4.78 is 36.1. The summed E-state index contributed by atoms with van der Waals surface area (Å²) in [6.07, 6.45) is -0.979. The fourth-order valence-electron chi connectivity index (χ4n) is 4.05. The third-order valence-electron chi connectivity index (χ3n) is 6.22. The molecule has 2 atom stereocenters. The van der Waals surface area contributed by atoms with Gasteiger partial charge in [-0.25, -0.2) is 4.57 Å². The van der Waals surface area contributed by atoms with Crippen molar-refractivity contribution in [3.8, 4) is 0 Å². The first-order chi connectivity index (χ1) is 18.9. The van der Waals surface area contributed by atoms with Crippen molar-refractivity contribution in [2.75, 3.05) is 47.5 Å². The maximum Gasteiger partial charge on any atom is 0.472 e. The van der Waals surface area contributed by atoms with Gasteiger partial charge in [0.1, 0.15) is 24.9 Å². The molecular weight excluding hydrogens is 529 g/mol. The molecular formula is C31H41NO7P+. The number of carbonyl (C=O) groups is 1. The molecule has 3 aromatic rings. The average Bonchev–Trinajstić information content (AvgIpc) is 2.92. The van der Waals surface area contributed by atoms with Crippen LogP contribution < -0.4 is 0 Å². The minimum atomic E-state index is -4.39. The molecule has 0 radical (unpaired) electrons. The lowest BCUT2D eigenvalue weighted by Crippen LogP contribution is -2.38. The molecule has 0 saturated heterocycles. The molecule has 8 nitrogen and oxygen atoms in total. The van der Waals surface area contributed by atoms with Crippen LogP contribution in [0.5, 0.6) is 0 Å². The maximum absolute atomic E-state index is 12.6. The predicted molar refractivity (Wildman–Crippen MR) is 155 cm³/mol. The molecule has 0 aliphatic rings. The molecule has 0 spiro atoms. The van der Waals surface area contributed by atoms with Crippen molar-refractivity contribution in [3.63, 3.8) is 0 Å². The molecule has 9 heteroatoms. The highest BCUT2D eigenvalue weighted by molar-refractivity contribution is 7.47. The van der Waals surface area contributed by atoms with Crippen molar-refractivity contribution in [1.29, 1.82) is 0 Å². The normalized spacial score (nSPS) is 14.5. The van der Waals surface area contributed by atoms with Crippen LogP contribution in [0, 0.1) is 5.92 Å². The first-order valence-electron chi connectivity index (χ1n) is 13.4. The van der Waals surface area contributed by atoms with Crippen molar-refractivity contribution in [2.24, 2.45) is 5.92 Å². The van der Waals surface area contributed by atoms with Gasteiger partial charge in [-0.1, -0.05) is 105 Å². The van der Waals surface area contributed by atoms with Gasteiger partial charge < -0.3 is 18.9 Å². The summed E-state index contributed by atoms with van der Waals surface area (Å²) in [7, 11) is 1.45. The smallest absolute Gasteiger partial charge is 0.457 e. The van der Waals surface area contributed by atoms with Gasteiger partial charge in [0.15, 0.2) is 0 Å². The Morgan fingerprint density at radius 2 is 1.25 bits per heavy atom. The van der Waals surface area contributed by atoms with Crippen molar-refractivity contribution in [3.05, 3.63) is 108 Å². The first kappa shape index (κ1) is 31.7. The van der Waals surface area contributed by atoms with E-state index in [0.717, 1.165) is 16.7 Å². The van der Waals surface area contributed by atoms with Crippen LogP contribution in [0.3, 0.4) is 0 Å². The zero-order valence-corrected chi connectivity index (χ0v) is 24.8. The first-order valence-corrected chi connectivity index (χ1v) is 14.9. The van der Waals surface area contributed by atoms with E-state index in [1.165, 1.54) is 0 Å². The van der Waals surface area contributed by atoms with Crippen molar-refractivity contribution in [2.45, 2.75) is 25.6 Å². The molecule has 0 fully saturated rings. The highest BCUT2D eigenvalue weighted by Gasteiger charge is 2.39. The Morgan fingerprint density at radius 3 is 1.65 bits per heavy atom. The third kappa shape index (κ3) is 9.10. The molecule has 216 valence electrons. The number of phosphoric ester groups is 1. The molecule has 0 heterocycles. The Kier molecular flexibility index (Phi) is 11.2. The molecule has 0 aromatic heterocycles. The van der Waals surface area contributed by atoms with Gasteiger partial charge in [0.05, 0.1) is 40.3 Å². The van der Waals surface area contributed by atoms with E-state index in [0.29, 0.717) is 11.0 Å². The van der Waals surface area contributed by atoms with Crippen LogP contribution in [-0.4, -0.2) is 69.0 Å². The predicted octanol–water partition coefficient (Wildman–Crippen LogP) is 5.40. The van der Waals surface area contributed by atoms with Gasteiger partial charge in [-0.3, -0.25) is 13.8 Å². The Morgan fingerprint density at radius 1 is 0.800 bits per heavy atom. The van der Waals surface area contributed by atoms with Crippen LogP contribution in [-0.2, 0) is 33.5 Å². The minimum absolute atomic E-state index is 0.0311. The Balaban J connectivity index is 1.92. The lowest BCUT2D eigenvalue weighted by molar-refractivity contribution is -0.870. The van der Waals surface area contributed by atoms with Gasteiger partial charge in [-0.15, -0.1) is 0 Å². The quantitative estimate of drug-likeness (QED) is 0.113. The molecule has 0 aliphatic carbocycles. The molecule has 0 amide bonds. The molecule has 3 rings (SSSR count). The largest absolute Gasteiger partial charge is 0.472 e. The lowest BCUT2D eigenvalue weighted by atomic mass is 9.80. The second-order valence-corrected chi connectivity index (χ2v) is 12.4. The summed E-state index contributed by atoms with van der Waals surface area (Å²) in [5, 5.41) is 0. The zero-order valence-electron chi connectivity index (χ0n) is 23.9. The monoisotopic (exact) mass is 570 g/mol. The maximum atomic E-state index is 12.6.